The van der Waals surface area contributed by atoms with Gasteiger partial charge in [0.15, 0.2) is 0 Å². The van der Waals surface area contributed by atoms with Gasteiger partial charge in [-0.15, -0.1) is 0 Å². The van der Waals surface area contributed by atoms with Gasteiger partial charge in [-0.05, 0) is 30.8 Å². The summed E-state index contributed by atoms with van der Waals surface area (Å²) in [7, 11) is 2.08. The number of nitro groups is 1. The number of nitrogens with zero attached hydrogens (tertiary/aromatic N) is 2. The Hall–Kier alpha value is -2.40. The molecule has 0 aliphatic heterocycles. The van der Waals surface area contributed by atoms with Crippen LogP contribution in [0.25, 0.3) is 0 Å². The van der Waals surface area contributed by atoms with Crippen molar-refractivity contribution in [2.75, 3.05) is 18.9 Å². The molecule has 1 N–H and O–H groups in total. The van der Waals surface area contributed by atoms with Crippen molar-refractivity contribution >= 4 is 11.4 Å². The largest absolute Gasteiger partial charge is 0.375 e. The molecule has 0 saturated heterocycles. The summed E-state index contributed by atoms with van der Waals surface area (Å²) >= 11 is 0. The van der Waals surface area contributed by atoms with Crippen LogP contribution in [0.15, 0.2) is 48.5 Å². The van der Waals surface area contributed by atoms with Gasteiger partial charge in [0, 0.05) is 19.2 Å². The van der Waals surface area contributed by atoms with E-state index in [0.717, 1.165) is 18.7 Å². The molecule has 116 valence electrons. The van der Waals surface area contributed by atoms with Crippen LogP contribution in [0, 0.1) is 10.1 Å². The van der Waals surface area contributed by atoms with Crippen LogP contribution >= 0.6 is 0 Å². The van der Waals surface area contributed by atoms with Gasteiger partial charge in [-0.3, -0.25) is 10.1 Å². The molecule has 0 bridgehead atoms. The number of nitro benzene ring substituents is 1. The summed E-state index contributed by atoms with van der Waals surface area (Å²) in [6, 6.07) is 15.0. The molecule has 0 saturated carbocycles. The highest BCUT2D eigenvalue weighted by atomic mass is 16.6. The van der Waals surface area contributed by atoms with E-state index in [-0.39, 0.29) is 10.6 Å². The summed E-state index contributed by atoms with van der Waals surface area (Å²) in [4.78, 5) is 12.9. The molecule has 0 fully saturated rings. The number of rotatable bonds is 7. The van der Waals surface area contributed by atoms with Gasteiger partial charge in [0.2, 0.25) is 0 Å². The molecule has 2 aromatic rings. The lowest BCUT2D eigenvalue weighted by atomic mass is 10.1. The van der Waals surface area contributed by atoms with E-state index in [1.54, 1.807) is 18.2 Å². The second-order valence-electron chi connectivity index (χ2n) is 5.28. The van der Waals surface area contributed by atoms with Crippen LogP contribution in [-0.2, 0) is 13.1 Å². The maximum Gasteiger partial charge on any atom is 0.292 e. The minimum atomic E-state index is -0.366. The molecule has 5 heteroatoms. The SMILES string of the molecule is CCN(C)Cc1cccc(CNc2ccccc2[N+](=O)[O-])c1. The molecule has 0 aliphatic rings. The highest BCUT2D eigenvalue weighted by Gasteiger charge is 2.11. The van der Waals surface area contributed by atoms with Crippen LogP contribution in [0.4, 0.5) is 11.4 Å². The molecule has 2 aromatic carbocycles. The molecule has 5 nitrogen and oxygen atoms in total. The summed E-state index contributed by atoms with van der Waals surface area (Å²) in [6.45, 7) is 4.59. The van der Waals surface area contributed by atoms with E-state index in [2.05, 4.69) is 36.3 Å². The molecule has 0 aliphatic carbocycles. The molecule has 2 rings (SSSR count). The van der Waals surface area contributed by atoms with Gasteiger partial charge in [-0.2, -0.15) is 0 Å². The van der Waals surface area contributed by atoms with Crippen LogP contribution in [0.2, 0.25) is 0 Å². The van der Waals surface area contributed by atoms with E-state index in [0.29, 0.717) is 12.2 Å². The predicted octanol–water partition coefficient (Wildman–Crippen LogP) is 3.66. The Morgan fingerprint density at radius 1 is 1.14 bits per heavy atom. The number of nitrogens with one attached hydrogen (secondary N) is 1. The van der Waals surface area contributed by atoms with E-state index in [9.17, 15) is 10.1 Å². The average Bonchev–Trinajstić information content (AvgIpc) is 2.53. The fraction of sp³-hybridized carbons (Fsp3) is 0.294. The van der Waals surface area contributed by atoms with Gasteiger partial charge in [0.25, 0.3) is 5.69 Å². The number of hydrogen-bond acceptors (Lipinski definition) is 4. The average molecular weight is 299 g/mol. The number of hydrogen-bond donors (Lipinski definition) is 1. The molecule has 22 heavy (non-hydrogen) atoms. The first-order valence-electron chi connectivity index (χ1n) is 7.33. The molecular formula is C17H21N3O2. The lowest BCUT2D eigenvalue weighted by molar-refractivity contribution is -0.384. The molecule has 0 aromatic heterocycles. The first kappa shape index (κ1) is 16.0. The minimum Gasteiger partial charge on any atom is -0.375 e. The monoisotopic (exact) mass is 299 g/mol. The molecule has 0 unspecified atom stereocenters. The van der Waals surface area contributed by atoms with Crippen molar-refractivity contribution in [3.63, 3.8) is 0 Å². The summed E-state index contributed by atoms with van der Waals surface area (Å²) in [6.07, 6.45) is 0. The first-order valence-corrected chi connectivity index (χ1v) is 7.33. The zero-order valence-electron chi connectivity index (χ0n) is 13.0. The Morgan fingerprint density at radius 3 is 2.59 bits per heavy atom. The highest BCUT2D eigenvalue weighted by molar-refractivity contribution is 5.61. The fourth-order valence-electron chi connectivity index (χ4n) is 2.24. The van der Waals surface area contributed by atoms with Gasteiger partial charge in [0.05, 0.1) is 4.92 Å². The zero-order chi connectivity index (χ0) is 15.9. The van der Waals surface area contributed by atoms with Crippen molar-refractivity contribution in [1.82, 2.24) is 4.90 Å². The van der Waals surface area contributed by atoms with Crippen LogP contribution in [-0.4, -0.2) is 23.4 Å². The van der Waals surface area contributed by atoms with Crippen LogP contribution in [0.3, 0.4) is 0 Å². The predicted molar refractivity (Wildman–Crippen MR) is 88.9 cm³/mol. The molecular weight excluding hydrogens is 278 g/mol. The van der Waals surface area contributed by atoms with E-state index in [1.807, 2.05) is 12.1 Å². The van der Waals surface area contributed by atoms with Crippen LogP contribution < -0.4 is 5.32 Å². The van der Waals surface area contributed by atoms with Crippen molar-refractivity contribution < 1.29 is 4.92 Å². The Balaban J connectivity index is 2.06. The smallest absolute Gasteiger partial charge is 0.292 e. The van der Waals surface area contributed by atoms with Gasteiger partial charge >= 0.3 is 0 Å². The molecule has 0 heterocycles. The maximum absolute atomic E-state index is 11.0. The summed E-state index contributed by atoms with van der Waals surface area (Å²) in [5.41, 5.74) is 3.00. The molecule has 0 atom stereocenters. The van der Waals surface area contributed by atoms with Gasteiger partial charge < -0.3 is 10.2 Å². The van der Waals surface area contributed by atoms with Crippen molar-refractivity contribution in [1.29, 1.82) is 0 Å². The third-order valence-corrected chi connectivity index (χ3v) is 3.57. The first-order chi connectivity index (χ1) is 10.6. The normalized spacial score (nSPS) is 10.7. The van der Waals surface area contributed by atoms with Crippen molar-refractivity contribution in [2.45, 2.75) is 20.0 Å². The quantitative estimate of drug-likeness (QED) is 0.626. The van der Waals surface area contributed by atoms with Crippen molar-refractivity contribution in [3.05, 3.63) is 69.8 Å². The van der Waals surface area contributed by atoms with Crippen molar-refractivity contribution in [3.8, 4) is 0 Å². The van der Waals surface area contributed by atoms with Crippen LogP contribution in [0.1, 0.15) is 18.1 Å². The topological polar surface area (TPSA) is 58.4 Å². The third kappa shape index (κ3) is 4.30. The summed E-state index contributed by atoms with van der Waals surface area (Å²) in [5, 5.41) is 14.2. The minimum absolute atomic E-state index is 0.101. The highest BCUT2D eigenvalue weighted by Crippen LogP contribution is 2.23. The Kier molecular flexibility index (Phi) is 5.49. The summed E-state index contributed by atoms with van der Waals surface area (Å²) in [5.74, 6) is 0. The Labute approximate surface area is 130 Å². The van der Waals surface area contributed by atoms with E-state index < -0.39 is 0 Å². The van der Waals surface area contributed by atoms with Gasteiger partial charge in [-0.25, -0.2) is 0 Å². The van der Waals surface area contributed by atoms with Crippen LogP contribution in [0.5, 0.6) is 0 Å². The van der Waals surface area contributed by atoms with E-state index in [1.165, 1.54) is 11.6 Å². The zero-order valence-corrected chi connectivity index (χ0v) is 13.0. The van der Waals surface area contributed by atoms with Gasteiger partial charge in [0.1, 0.15) is 5.69 Å². The standard InChI is InChI=1S/C17H21N3O2/c1-3-19(2)13-15-8-6-7-14(11-15)12-18-16-9-4-5-10-17(16)20(21)22/h4-11,18H,3,12-13H2,1-2H3. The van der Waals surface area contributed by atoms with E-state index >= 15 is 0 Å². The molecule has 0 spiro atoms. The van der Waals surface area contributed by atoms with Crippen molar-refractivity contribution in [2.24, 2.45) is 0 Å². The Morgan fingerprint density at radius 2 is 1.86 bits per heavy atom. The second kappa shape index (κ2) is 7.56. The molecule has 0 amide bonds. The van der Waals surface area contributed by atoms with E-state index in [4.69, 9.17) is 0 Å². The fourth-order valence-corrected chi connectivity index (χ4v) is 2.24. The lowest BCUT2D eigenvalue weighted by Gasteiger charge is -2.14. The number of anilines is 1. The van der Waals surface area contributed by atoms with Gasteiger partial charge in [-0.1, -0.05) is 43.3 Å². The lowest BCUT2D eigenvalue weighted by Crippen LogP contribution is -2.16. The molecule has 0 radical (unpaired) electrons. The maximum atomic E-state index is 11.0. The third-order valence-electron chi connectivity index (χ3n) is 3.57. The number of benzene rings is 2. The second-order valence-corrected chi connectivity index (χ2v) is 5.28. The summed E-state index contributed by atoms with van der Waals surface area (Å²) < 4.78 is 0. The number of para-hydroxylation sites is 2. The Bertz CT molecular complexity index is 643.